The lowest BCUT2D eigenvalue weighted by Gasteiger charge is -2.30. The minimum Gasteiger partial charge on any atom is -0.385 e. The number of halogens is 3. The highest BCUT2D eigenvalue weighted by atomic mass is 35.5. The van der Waals surface area contributed by atoms with Crippen molar-refractivity contribution in [3.63, 3.8) is 0 Å². The number of aliphatic hydroxyl groups excluding tert-OH is 1. The number of hydrogen-bond acceptors (Lipinski definition) is 8. The van der Waals surface area contributed by atoms with Crippen LogP contribution < -0.4 is 4.90 Å². The van der Waals surface area contributed by atoms with E-state index in [2.05, 4.69) is 15.0 Å². The van der Waals surface area contributed by atoms with Gasteiger partial charge >= 0.3 is 7.60 Å². The molecule has 38 heavy (non-hydrogen) atoms. The van der Waals surface area contributed by atoms with E-state index in [1.807, 2.05) is 0 Å². The second kappa shape index (κ2) is 10.0. The van der Waals surface area contributed by atoms with E-state index in [1.165, 1.54) is 12.6 Å². The molecule has 3 aliphatic rings. The van der Waals surface area contributed by atoms with Crippen LogP contribution >= 0.6 is 26.6 Å². The number of aromatic nitrogens is 3. The molecule has 3 fully saturated rings. The summed E-state index contributed by atoms with van der Waals surface area (Å²) in [5.74, 6) is -0.206. The highest BCUT2D eigenvalue weighted by molar-refractivity contribution is 7.72. The summed E-state index contributed by atoms with van der Waals surface area (Å²) in [5, 5.41) is 26.5. The Balaban J connectivity index is 1.44. The van der Waals surface area contributed by atoms with E-state index < -0.39 is 63.9 Å². The summed E-state index contributed by atoms with van der Waals surface area (Å²) in [6.45, 7) is 1.66. The molecule has 0 amide bonds. The van der Waals surface area contributed by atoms with Crippen LogP contribution in [0.25, 0.3) is 11.0 Å². The van der Waals surface area contributed by atoms with Gasteiger partial charge in [-0.05, 0) is 37.2 Å². The summed E-state index contributed by atoms with van der Waals surface area (Å²) in [5.41, 5.74) is -2.26. The van der Waals surface area contributed by atoms with Gasteiger partial charge in [0.2, 0.25) is 7.37 Å². The molecule has 1 unspecified atom stereocenters. The van der Waals surface area contributed by atoms with Gasteiger partial charge in [-0.2, -0.15) is 5.10 Å². The molecule has 12 nitrogen and oxygen atoms in total. The van der Waals surface area contributed by atoms with Crippen LogP contribution in [0, 0.1) is 11.8 Å². The minimum absolute atomic E-state index is 0.109. The molecule has 7 atom stereocenters. The zero-order chi connectivity index (χ0) is 27.6. The average molecular weight is 601 g/mol. The molecule has 0 bridgehead atoms. The highest BCUT2D eigenvalue weighted by Crippen LogP contribution is 2.56. The first kappa shape index (κ1) is 28.3. The molecule has 2 aromatic heterocycles. The molecule has 212 valence electrons. The normalized spacial score (nSPS) is 33.4. The van der Waals surface area contributed by atoms with Gasteiger partial charge < -0.3 is 34.5 Å². The molecule has 5 N–H and O–H groups in total. The number of pyridine rings is 1. The van der Waals surface area contributed by atoms with Crippen molar-refractivity contribution >= 4 is 43.3 Å². The molecule has 1 saturated carbocycles. The summed E-state index contributed by atoms with van der Waals surface area (Å²) in [7, 11) is -9.33. The van der Waals surface area contributed by atoms with Crippen LogP contribution in [0.15, 0.2) is 12.3 Å². The van der Waals surface area contributed by atoms with Crippen LogP contribution in [-0.2, 0) is 13.9 Å². The van der Waals surface area contributed by atoms with E-state index in [1.54, 1.807) is 6.07 Å². The zero-order valence-electron chi connectivity index (χ0n) is 20.1. The third kappa shape index (κ3) is 5.15. The van der Waals surface area contributed by atoms with Gasteiger partial charge in [0, 0.05) is 19.3 Å². The lowest BCUT2D eigenvalue weighted by Crippen LogP contribution is -2.53. The van der Waals surface area contributed by atoms with Gasteiger partial charge in [-0.25, -0.2) is 18.4 Å². The molecule has 0 radical (unpaired) electrons. The van der Waals surface area contributed by atoms with Crippen LogP contribution in [0.5, 0.6) is 0 Å². The molecule has 2 aliphatic heterocycles. The Morgan fingerprint density at radius 1 is 1.21 bits per heavy atom. The van der Waals surface area contributed by atoms with Crippen LogP contribution in [0.3, 0.4) is 0 Å². The second-order valence-electron chi connectivity index (χ2n) is 10.5. The number of ether oxygens (including phenoxy) is 1. The molecule has 1 aliphatic carbocycles. The van der Waals surface area contributed by atoms with Crippen LogP contribution in [0.4, 0.5) is 14.5 Å². The lowest BCUT2D eigenvalue weighted by atomic mass is 9.91. The monoisotopic (exact) mass is 600 g/mol. The molecule has 0 spiro atoms. The standard InChI is InChI=1S/C21H29ClF2N4O8P2/c22-16-6-14(27-8-11-2-1-3-12(11)9-27)13-7-25-28(18(13)26-16)19-17(29)21(30,20(23)24)15(36-19)4-5-37(31,32)10-38(33,34)35/h6-7,11-12,15,17,19-20,29-30H,1-5,8-10H2,(H,31,32)(H2,33,34,35)/t11-,12+,15-,17+,19-,21-/m1/s1. The molecule has 2 saturated heterocycles. The first-order valence-electron chi connectivity index (χ1n) is 12.2. The van der Waals surface area contributed by atoms with E-state index >= 15 is 0 Å². The Hall–Kier alpha value is -1.21. The Labute approximate surface area is 221 Å². The highest BCUT2D eigenvalue weighted by Gasteiger charge is 2.62. The molecule has 4 heterocycles. The van der Waals surface area contributed by atoms with E-state index in [9.17, 15) is 33.0 Å². The van der Waals surface area contributed by atoms with Crippen molar-refractivity contribution in [2.75, 3.05) is 30.1 Å². The SMILES string of the molecule is O=P(O)(O)CP(=O)(O)CC[C@H]1O[C@@H](n2ncc3c(N4C[C@H]5CCC[C@H]5C4)cc(Cl)nc32)[C@H](O)[C@@]1(O)C(F)F. The van der Waals surface area contributed by atoms with Crippen molar-refractivity contribution in [1.29, 1.82) is 0 Å². The first-order valence-corrected chi connectivity index (χ1v) is 16.4. The molecule has 17 heteroatoms. The predicted molar refractivity (Wildman–Crippen MR) is 133 cm³/mol. The second-order valence-corrected chi connectivity index (χ2v) is 15.4. The van der Waals surface area contributed by atoms with Crippen molar-refractivity contribution in [1.82, 2.24) is 14.8 Å². The number of anilines is 1. The van der Waals surface area contributed by atoms with Crippen molar-refractivity contribution in [3.05, 3.63) is 17.4 Å². The van der Waals surface area contributed by atoms with E-state index in [-0.39, 0.29) is 10.8 Å². The van der Waals surface area contributed by atoms with Gasteiger partial charge in [-0.1, -0.05) is 18.0 Å². The Bertz CT molecular complexity index is 1300. The average Bonchev–Trinajstić information content (AvgIpc) is 3.54. The zero-order valence-corrected chi connectivity index (χ0v) is 22.6. The maximum absolute atomic E-state index is 14.1. The number of aliphatic hydroxyl groups is 2. The summed E-state index contributed by atoms with van der Waals surface area (Å²) in [4.78, 5) is 34.4. The third-order valence-electron chi connectivity index (χ3n) is 7.88. The fourth-order valence-corrected chi connectivity index (χ4v) is 9.75. The maximum Gasteiger partial charge on any atom is 0.335 e. The number of fused-ring (bicyclic) bond motifs is 2. The smallest absolute Gasteiger partial charge is 0.335 e. The third-order valence-corrected chi connectivity index (χ3v) is 12.3. The van der Waals surface area contributed by atoms with E-state index in [0.717, 1.165) is 36.3 Å². The lowest BCUT2D eigenvalue weighted by molar-refractivity contribution is -0.166. The van der Waals surface area contributed by atoms with Crippen LogP contribution in [0.1, 0.15) is 31.9 Å². The fourth-order valence-electron chi connectivity index (χ4n) is 6.06. The molecule has 0 aromatic carbocycles. The number of nitrogens with zero attached hydrogens (tertiary/aromatic N) is 4. The van der Waals surface area contributed by atoms with Crippen molar-refractivity contribution < 1.29 is 47.5 Å². The minimum atomic E-state index is -4.87. The number of alkyl halides is 2. The van der Waals surface area contributed by atoms with Gasteiger partial charge in [0.05, 0.1) is 23.4 Å². The van der Waals surface area contributed by atoms with Gasteiger partial charge in [0.15, 0.2) is 17.5 Å². The van der Waals surface area contributed by atoms with Gasteiger partial charge in [0.25, 0.3) is 6.43 Å². The molecular weight excluding hydrogens is 572 g/mol. The Kier molecular flexibility index (Phi) is 7.46. The van der Waals surface area contributed by atoms with Gasteiger partial charge in [-0.15, -0.1) is 0 Å². The van der Waals surface area contributed by atoms with Crippen molar-refractivity contribution in [2.45, 2.75) is 56.1 Å². The molecule has 5 rings (SSSR count). The van der Waals surface area contributed by atoms with Gasteiger partial charge in [-0.3, -0.25) is 9.13 Å². The topological polar surface area (TPSA) is 178 Å². The van der Waals surface area contributed by atoms with E-state index in [4.69, 9.17) is 26.1 Å². The quantitative estimate of drug-likeness (QED) is 0.222. The Morgan fingerprint density at radius 2 is 1.87 bits per heavy atom. The summed E-state index contributed by atoms with van der Waals surface area (Å²) >= 11 is 6.31. The fraction of sp³-hybridized carbons (Fsp3) is 0.714. The van der Waals surface area contributed by atoms with Crippen molar-refractivity contribution in [2.24, 2.45) is 11.8 Å². The first-order chi connectivity index (χ1) is 17.7. The largest absolute Gasteiger partial charge is 0.385 e. The van der Waals surface area contributed by atoms with Crippen LogP contribution in [0.2, 0.25) is 5.15 Å². The van der Waals surface area contributed by atoms with Crippen molar-refractivity contribution in [3.8, 4) is 0 Å². The number of hydrogen-bond donors (Lipinski definition) is 5. The molecular formula is C21H29ClF2N4O8P2. The van der Waals surface area contributed by atoms with Gasteiger partial charge in [0.1, 0.15) is 17.2 Å². The molecule has 2 aromatic rings. The van der Waals surface area contributed by atoms with E-state index in [0.29, 0.717) is 17.2 Å². The maximum atomic E-state index is 14.1. The van der Waals surface area contributed by atoms with Crippen LogP contribution in [-0.4, -0.2) is 89.0 Å². The predicted octanol–water partition coefficient (Wildman–Crippen LogP) is 2.37. The number of rotatable bonds is 8. The Morgan fingerprint density at radius 3 is 2.47 bits per heavy atom. The summed E-state index contributed by atoms with van der Waals surface area (Å²) in [6.07, 6.45) is -5.81. The summed E-state index contributed by atoms with van der Waals surface area (Å²) < 4.78 is 58.2. The summed E-state index contributed by atoms with van der Waals surface area (Å²) in [6, 6.07) is 1.70.